The summed E-state index contributed by atoms with van der Waals surface area (Å²) in [5.74, 6) is 0.550. The molecule has 1 amide bonds. The minimum Gasteiger partial charge on any atom is -0.465 e. The Balaban J connectivity index is 1.80. The van der Waals surface area contributed by atoms with Gasteiger partial charge in [-0.05, 0) is 38.0 Å². The van der Waals surface area contributed by atoms with Crippen LogP contribution >= 0.6 is 0 Å². The number of ether oxygens (including phenoxy) is 1. The van der Waals surface area contributed by atoms with Crippen LogP contribution in [0, 0.1) is 0 Å². The van der Waals surface area contributed by atoms with Gasteiger partial charge < -0.3 is 14.5 Å². The Morgan fingerprint density at radius 3 is 3.18 bits per heavy atom. The van der Waals surface area contributed by atoms with E-state index in [4.69, 9.17) is 9.15 Å². The van der Waals surface area contributed by atoms with Gasteiger partial charge in [0.1, 0.15) is 5.76 Å². The monoisotopic (exact) mass is 235 g/mol. The van der Waals surface area contributed by atoms with Crippen LogP contribution in [0.5, 0.6) is 0 Å². The van der Waals surface area contributed by atoms with Crippen LogP contribution < -0.4 is 5.32 Å². The predicted octanol–water partition coefficient (Wildman–Crippen LogP) is 1.98. The zero-order valence-electron chi connectivity index (χ0n) is 9.89. The van der Waals surface area contributed by atoms with Crippen LogP contribution in [0.2, 0.25) is 0 Å². The summed E-state index contributed by atoms with van der Waals surface area (Å²) in [5, 5.41) is 2.89. The lowest BCUT2D eigenvalue weighted by Crippen LogP contribution is -2.39. The standard InChI is InChI=1S/C13H17NO3/c1-10(12-5-3-9-17-12)14-13(15)7-6-11-4-2-8-16-11/h2,4,6-8,10,12H,3,5,9H2,1H3,(H,14,15)/b7-6-/t10-,12+/m0/s1. The average Bonchev–Trinajstić information content (AvgIpc) is 2.99. The van der Waals surface area contributed by atoms with Gasteiger partial charge in [-0.3, -0.25) is 4.79 Å². The molecule has 0 radical (unpaired) electrons. The number of amides is 1. The number of hydrogen-bond donors (Lipinski definition) is 1. The van der Waals surface area contributed by atoms with E-state index in [0.29, 0.717) is 5.76 Å². The Morgan fingerprint density at radius 2 is 2.53 bits per heavy atom. The van der Waals surface area contributed by atoms with Crippen LogP contribution in [0.3, 0.4) is 0 Å². The van der Waals surface area contributed by atoms with Crippen molar-refractivity contribution in [3.8, 4) is 0 Å². The molecule has 4 heteroatoms. The van der Waals surface area contributed by atoms with Crippen LogP contribution in [0.1, 0.15) is 25.5 Å². The van der Waals surface area contributed by atoms with Crippen molar-refractivity contribution in [3.05, 3.63) is 30.2 Å². The van der Waals surface area contributed by atoms with Crippen molar-refractivity contribution < 1.29 is 13.9 Å². The first-order chi connectivity index (χ1) is 8.25. The highest BCUT2D eigenvalue weighted by Gasteiger charge is 2.22. The number of nitrogens with one attached hydrogen (secondary N) is 1. The normalized spacial score (nSPS) is 21.8. The lowest BCUT2D eigenvalue weighted by atomic mass is 10.1. The molecule has 2 heterocycles. The number of furan rings is 1. The van der Waals surface area contributed by atoms with Crippen molar-refractivity contribution in [1.29, 1.82) is 0 Å². The first kappa shape index (κ1) is 11.9. The van der Waals surface area contributed by atoms with E-state index in [-0.39, 0.29) is 18.1 Å². The molecule has 2 rings (SSSR count). The third-order valence-corrected chi connectivity index (χ3v) is 2.83. The van der Waals surface area contributed by atoms with E-state index in [0.717, 1.165) is 19.4 Å². The van der Waals surface area contributed by atoms with E-state index in [1.807, 2.05) is 6.92 Å². The SMILES string of the molecule is C[C@H](NC(=O)/C=C\c1ccco1)[C@H]1CCCO1. The molecule has 1 saturated heterocycles. The van der Waals surface area contributed by atoms with Gasteiger partial charge >= 0.3 is 0 Å². The lowest BCUT2D eigenvalue weighted by Gasteiger charge is -2.18. The average molecular weight is 235 g/mol. The van der Waals surface area contributed by atoms with Crippen LogP contribution in [-0.4, -0.2) is 24.7 Å². The summed E-state index contributed by atoms with van der Waals surface area (Å²) >= 11 is 0. The summed E-state index contributed by atoms with van der Waals surface area (Å²) in [6.07, 6.45) is 6.95. The first-order valence-electron chi connectivity index (χ1n) is 5.89. The van der Waals surface area contributed by atoms with Gasteiger partial charge in [0, 0.05) is 12.7 Å². The van der Waals surface area contributed by atoms with E-state index in [1.165, 1.54) is 6.08 Å². The molecule has 2 atom stereocenters. The smallest absolute Gasteiger partial charge is 0.244 e. The van der Waals surface area contributed by atoms with Gasteiger partial charge in [-0.1, -0.05) is 0 Å². The van der Waals surface area contributed by atoms with E-state index in [2.05, 4.69) is 5.32 Å². The van der Waals surface area contributed by atoms with Gasteiger partial charge in [-0.25, -0.2) is 0 Å². The Morgan fingerprint density at radius 1 is 1.65 bits per heavy atom. The molecule has 1 aromatic rings. The van der Waals surface area contributed by atoms with Crippen molar-refractivity contribution in [2.45, 2.75) is 31.9 Å². The highest BCUT2D eigenvalue weighted by Crippen LogP contribution is 2.15. The topological polar surface area (TPSA) is 51.5 Å². The molecule has 1 aliphatic heterocycles. The molecule has 1 aliphatic rings. The van der Waals surface area contributed by atoms with Gasteiger partial charge in [-0.15, -0.1) is 0 Å². The fourth-order valence-electron chi connectivity index (χ4n) is 1.91. The number of carbonyl (C=O) groups is 1. The Hall–Kier alpha value is -1.55. The Bertz CT molecular complexity index is 377. The molecule has 92 valence electrons. The molecule has 0 saturated carbocycles. The molecular weight excluding hydrogens is 218 g/mol. The minimum absolute atomic E-state index is 0.0475. The van der Waals surface area contributed by atoms with Gasteiger partial charge in [0.25, 0.3) is 0 Å². The molecule has 0 aliphatic carbocycles. The van der Waals surface area contributed by atoms with Gasteiger partial charge in [-0.2, -0.15) is 0 Å². The van der Waals surface area contributed by atoms with Crippen LogP contribution in [0.4, 0.5) is 0 Å². The van der Waals surface area contributed by atoms with E-state index in [1.54, 1.807) is 24.5 Å². The summed E-state index contributed by atoms with van der Waals surface area (Å²) in [7, 11) is 0. The highest BCUT2D eigenvalue weighted by atomic mass is 16.5. The molecule has 1 aromatic heterocycles. The fourth-order valence-corrected chi connectivity index (χ4v) is 1.91. The number of hydrogen-bond acceptors (Lipinski definition) is 3. The molecule has 4 nitrogen and oxygen atoms in total. The molecule has 1 N–H and O–H groups in total. The number of rotatable bonds is 4. The lowest BCUT2D eigenvalue weighted by molar-refractivity contribution is -0.117. The number of carbonyl (C=O) groups excluding carboxylic acids is 1. The summed E-state index contributed by atoms with van der Waals surface area (Å²) in [6, 6.07) is 3.63. The summed E-state index contributed by atoms with van der Waals surface area (Å²) in [4.78, 5) is 11.6. The zero-order valence-corrected chi connectivity index (χ0v) is 9.89. The molecule has 1 fully saturated rings. The van der Waals surface area contributed by atoms with Crippen molar-refractivity contribution >= 4 is 12.0 Å². The van der Waals surface area contributed by atoms with E-state index in [9.17, 15) is 4.79 Å². The first-order valence-corrected chi connectivity index (χ1v) is 5.89. The van der Waals surface area contributed by atoms with Crippen molar-refractivity contribution in [3.63, 3.8) is 0 Å². The maximum absolute atomic E-state index is 11.6. The summed E-state index contributed by atoms with van der Waals surface area (Å²) in [5.41, 5.74) is 0. The van der Waals surface area contributed by atoms with Gasteiger partial charge in [0.2, 0.25) is 5.91 Å². The molecule has 0 bridgehead atoms. The third kappa shape index (κ3) is 3.46. The van der Waals surface area contributed by atoms with Crippen LogP contribution in [0.15, 0.2) is 28.9 Å². The van der Waals surface area contributed by atoms with Crippen LogP contribution in [-0.2, 0) is 9.53 Å². The summed E-state index contributed by atoms with van der Waals surface area (Å²) in [6.45, 7) is 2.77. The predicted molar refractivity (Wildman–Crippen MR) is 64.3 cm³/mol. The Kier molecular flexibility index (Phi) is 3.98. The van der Waals surface area contributed by atoms with Crippen molar-refractivity contribution in [1.82, 2.24) is 5.32 Å². The molecule has 17 heavy (non-hydrogen) atoms. The van der Waals surface area contributed by atoms with Crippen molar-refractivity contribution in [2.24, 2.45) is 0 Å². The van der Waals surface area contributed by atoms with E-state index >= 15 is 0 Å². The quantitative estimate of drug-likeness (QED) is 0.812. The van der Waals surface area contributed by atoms with Crippen LogP contribution in [0.25, 0.3) is 6.08 Å². The minimum atomic E-state index is -0.121. The van der Waals surface area contributed by atoms with E-state index < -0.39 is 0 Å². The summed E-state index contributed by atoms with van der Waals surface area (Å²) < 4.78 is 10.6. The Labute approximate surface area is 101 Å². The zero-order chi connectivity index (χ0) is 12.1. The second kappa shape index (κ2) is 5.68. The van der Waals surface area contributed by atoms with Gasteiger partial charge in [0.15, 0.2) is 0 Å². The third-order valence-electron chi connectivity index (χ3n) is 2.83. The van der Waals surface area contributed by atoms with Gasteiger partial charge in [0.05, 0.1) is 18.4 Å². The maximum atomic E-state index is 11.6. The molecule has 0 unspecified atom stereocenters. The molecule has 0 spiro atoms. The maximum Gasteiger partial charge on any atom is 0.244 e. The molecular formula is C13H17NO3. The molecule has 0 aromatic carbocycles. The largest absolute Gasteiger partial charge is 0.465 e. The van der Waals surface area contributed by atoms with Crippen molar-refractivity contribution in [2.75, 3.05) is 6.61 Å². The second-order valence-electron chi connectivity index (χ2n) is 4.20. The highest BCUT2D eigenvalue weighted by molar-refractivity contribution is 5.91. The second-order valence-corrected chi connectivity index (χ2v) is 4.20. The fraction of sp³-hybridized carbons (Fsp3) is 0.462.